The van der Waals surface area contributed by atoms with Crippen LogP contribution in [-0.4, -0.2) is 18.1 Å². The average Bonchev–Trinajstić information content (AvgIpc) is 2.27. The molecule has 15 heavy (non-hydrogen) atoms. The Hall–Kier alpha value is -1.09. The molecule has 0 unspecified atom stereocenters. The highest BCUT2D eigenvalue weighted by molar-refractivity contribution is 5.25. The van der Waals surface area contributed by atoms with Crippen molar-refractivity contribution in [3.63, 3.8) is 0 Å². The smallest absolute Gasteiger partial charge is 0.217 e. The van der Waals surface area contributed by atoms with Crippen LogP contribution in [0.5, 0.6) is 5.88 Å². The second-order valence-corrected chi connectivity index (χ2v) is 3.74. The lowest BCUT2D eigenvalue weighted by molar-refractivity contribution is 0.388. The molecule has 1 rings (SSSR count). The molecule has 1 aromatic rings. The van der Waals surface area contributed by atoms with Gasteiger partial charge in [-0.25, -0.2) is 4.98 Å². The molecule has 0 amide bonds. The van der Waals surface area contributed by atoms with E-state index in [4.69, 9.17) is 4.74 Å². The molecular formula is C12H20N2O. The number of rotatable bonds is 6. The first-order chi connectivity index (χ1) is 7.27. The van der Waals surface area contributed by atoms with Gasteiger partial charge in [0.15, 0.2) is 0 Å². The third-order valence-electron chi connectivity index (χ3n) is 2.41. The van der Waals surface area contributed by atoms with Crippen LogP contribution in [0.4, 0.5) is 0 Å². The molecule has 84 valence electrons. The molecule has 0 saturated carbocycles. The van der Waals surface area contributed by atoms with Gasteiger partial charge in [-0.3, -0.25) is 0 Å². The first-order valence-corrected chi connectivity index (χ1v) is 5.49. The van der Waals surface area contributed by atoms with E-state index < -0.39 is 0 Å². The molecule has 0 spiro atoms. The SMILES string of the molecule is CCC[C@H](C)NCc1cccnc1OC. The van der Waals surface area contributed by atoms with E-state index in [0.29, 0.717) is 11.9 Å². The van der Waals surface area contributed by atoms with Gasteiger partial charge in [0.1, 0.15) is 0 Å². The van der Waals surface area contributed by atoms with Crippen molar-refractivity contribution in [2.45, 2.75) is 39.3 Å². The van der Waals surface area contributed by atoms with Crippen LogP contribution in [-0.2, 0) is 6.54 Å². The highest BCUT2D eigenvalue weighted by Gasteiger charge is 2.04. The summed E-state index contributed by atoms with van der Waals surface area (Å²) < 4.78 is 5.19. The Balaban J connectivity index is 2.49. The first-order valence-electron chi connectivity index (χ1n) is 5.49. The van der Waals surface area contributed by atoms with Crippen LogP contribution < -0.4 is 10.1 Å². The summed E-state index contributed by atoms with van der Waals surface area (Å²) in [5.74, 6) is 0.716. The van der Waals surface area contributed by atoms with Gasteiger partial charge in [0.05, 0.1) is 7.11 Å². The quantitative estimate of drug-likeness (QED) is 0.779. The number of hydrogen-bond acceptors (Lipinski definition) is 3. The van der Waals surface area contributed by atoms with Crippen LogP contribution in [0, 0.1) is 0 Å². The Morgan fingerprint density at radius 3 is 3.00 bits per heavy atom. The Bertz CT molecular complexity index is 289. The van der Waals surface area contributed by atoms with E-state index in [0.717, 1.165) is 12.1 Å². The second-order valence-electron chi connectivity index (χ2n) is 3.74. The van der Waals surface area contributed by atoms with Gasteiger partial charge < -0.3 is 10.1 Å². The number of nitrogens with one attached hydrogen (secondary N) is 1. The Kier molecular flexibility index (Phi) is 5.12. The van der Waals surface area contributed by atoms with Crippen LogP contribution >= 0.6 is 0 Å². The van der Waals surface area contributed by atoms with Crippen molar-refractivity contribution in [3.05, 3.63) is 23.9 Å². The molecule has 1 atom stereocenters. The summed E-state index contributed by atoms with van der Waals surface area (Å²) in [7, 11) is 1.65. The summed E-state index contributed by atoms with van der Waals surface area (Å²) in [5.41, 5.74) is 1.11. The average molecular weight is 208 g/mol. The molecule has 0 aromatic carbocycles. The van der Waals surface area contributed by atoms with E-state index >= 15 is 0 Å². The normalized spacial score (nSPS) is 12.5. The zero-order valence-corrected chi connectivity index (χ0v) is 9.79. The maximum Gasteiger partial charge on any atom is 0.217 e. The number of pyridine rings is 1. The fourth-order valence-electron chi connectivity index (χ4n) is 1.56. The van der Waals surface area contributed by atoms with Gasteiger partial charge in [0.25, 0.3) is 0 Å². The number of aromatic nitrogens is 1. The minimum absolute atomic E-state index is 0.542. The van der Waals surface area contributed by atoms with Crippen LogP contribution in [0.1, 0.15) is 32.3 Å². The Labute approximate surface area is 91.9 Å². The maximum absolute atomic E-state index is 5.19. The lowest BCUT2D eigenvalue weighted by Gasteiger charge is -2.13. The molecule has 1 heterocycles. The summed E-state index contributed by atoms with van der Waals surface area (Å²) in [4.78, 5) is 4.16. The molecule has 3 nitrogen and oxygen atoms in total. The Morgan fingerprint density at radius 2 is 2.33 bits per heavy atom. The molecule has 0 aliphatic rings. The molecule has 0 fully saturated rings. The van der Waals surface area contributed by atoms with Crippen molar-refractivity contribution in [1.82, 2.24) is 10.3 Å². The molecule has 0 radical (unpaired) electrons. The number of nitrogens with zero attached hydrogens (tertiary/aromatic N) is 1. The number of ether oxygens (including phenoxy) is 1. The third kappa shape index (κ3) is 3.88. The first kappa shape index (κ1) is 12.0. The minimum Gasteiger partial charge on any atom is -0.481 e. The van der Waals surface area contributed by atoms with Gasteiger partial charge in [0, 0.05) is 24.3 Å². The van der Waals surface area contributed by atoms with E-state index in [1.165, 1.54) is 12.8 Å². The van der Waals surface area contributed by atoms with Crippen LogP contribution in [0.15, 0.2) is 18.3 Å². The van der Waals surface area contributed by atoms with E-state index in [1.807, 2.05) is 12.1 Å². The fraction of sp³-hybridized carbons (Fsp3) is 0.583. The van der Waals surface area contributed by atoms with Gasteiger partial charge in [-0.2, -0.15) is 0 Å². The van der Waals surface area contributed by atoms with E-state index in [9.17, 15) is 0 Å². The fourth-order valence-corrected chi connectivity index (χ4v) is 1.56. The minimum atomic E-state index is 0.542. The van der Waals surface area contributed by atoms with Crippen LogP contribution in [0.25, 0.3) is 0 Å². The third-order valence-corrected chi connectivity index (χ3v) is 2.41. The van der Waals surface area contributed by atoms with Crippen molar-refractivity contribution in [2.75, 3.05) is 7.11 Å². The van der Waals surface area contributed by atoms with Gasteiger partial charge >= 0.3 is 0 Å². The topological polar surface area (TPSA) is 34.2 Å². The van der Waals surface area contributed by atoms with Crippen molar-refractivity contribution in [1.29, 1.82) is 0 Å². The largest absolute Gasteiger partial charge is 0.481 e. The summed E-state index contributed by atoms with van der Waals surface area (Å²) >= 11 is 0. The highest BCUT2D eigenvalue weighted by Crippen LogP contribution is 2.13. The van der Waals surface area contributed by atoms with Gasteiger partial charge in [-0.15, -0.1) is 0 Å². The van der Waals surface area contributed by atoms with Crippen molar-refractivity contribution in [3.8, 4) is 5.88 Å². The monoisotopic (exact) mass is 208 g/mol. The molecule has 1 N–H and O–H groups in total. The van der Waals surface area contributed by atoms with Crippen LogP contribution in [0.3, 0.4) is 0 Å². The van der Waals surface area contributed by atoms with E-state index in [1.54, 1.807) is 13.3 Å². The van der Waals surface area contributed by atoms with Crippen molar-refractivity contribution < 1.29 is 4.74 Å². The summed E-state index contributed by atoms with van der Waals surface area (Å²) in [6.07, 6.45) is 4.15. The summed E-state index contributed by atoms with van der Waals surface area (Å²) in [6.45, 7) is 5.22. The zero-order valence-electron chi connectivity index (χ0n) is 9.79. The van der Waals surface area contributed by atoms with E-state index in [-0.39, 0.29) is 0 Å². The summed E-state index contributed by atoms with van der Waals surface area (Å²) in [6, 6.07) is 4.52. The highest BCUT2D eigenvalue weighted by atomic mass is 16.5. The zero-order chi connectivity index (χ0) is 11.1. The van der Waals surface area contributed by atoms with Gasteiger partial charge in [0.2, 0.25) is 5.88 Å². The molecule has 0 saturated heterocycles. The van der Waals surface area contributed by atoms with Crippen molar-refractivity contribution in [2.24, 2.45) is 0 Å². The van der Waals surface area contributed by atoms with Gasteiger partial charge in [-0.05, 0) is 19.4 Å². The summed E-state index contributed by atoms with van der Waals surface area (Å²) in [5, 5.41) is 3.45. The maximum atomic E-state index is 5.19. The number of hydrogen-bond donors (Lipinski definition) is 1. The molecule has 0 bridgehead atoms. The lowest BCUT2D eigenvalue weighted by Crippen LogP contribution is -2.25. The predicted octanol–water partition coefficient (Wildman–Crippen LogP) is 2.37. The second kappa shape index (κ2) is 6.40. The standard InChI is InChI=1S/C12H20N2O/c1-4-6-10(2)14-9-11-7-5-8-13-12(11)15-3/h5,7-8,10,14H,4,6,9H2,1-3H3/t10-/m0/s1. The Morgan fingerprint density at radius 1 is 1.53 bits per heavy atom. The molecule has 0 aliphatic heterocycles. The van der Waals surface area contributed by atoms with Gasteiger partial charge in [-0.1, -0.05) is 19.4 Å². The van der Waals surface area contributed by atoms with Crippen LogP contribution in [0.2, 0.25) is 0 Å². The molecule has 3 heteroatoms. The van der Waals surface area contributed by atoms with Crippen molar-refractivity contribution >= 4 is 0 Å². The predicted molar refractivity (Wildman–Crippen MR) is 62.0 cm³/mol. The number of methoxy groups -OCH3 is 1. The molecular weight excluding hydrogens is 188 g/mol. The molecule has 0 aliphatic carbocycles. The lowest BCUT2D eigenvalue weighted by atomic mass is 10.2. The van der Waals surface area contributed by atoms with E-state index in [2.05, 4.69) is 24.1 Å². The molecule has 1 aromatic heterocycles.